The highest BCUT2D eigenvalue weighted by Gasteiger charge is 2.31. The molecular weight excluding hydrogens is 218 g/mol. The van der Waals surface area contributed by atoms with Crippen LogP contribution in [-0.4, -0.2) is 55.7 Å². The van der Waals surface area contributed by atoms with Crippen molar-refractivity contribution >= 4 is 5.91 Å². The Kier molecular flexibility index (Phi) is 5.88. The van der Waals surface area contributed by atoms with Crippen molar-refractivity contribution in [1.82, 2.24) is 10.2 Å². The van der Waals surface area contributed by atoms with E-state index in [0.717, 1.165) is 6.54 Å². The number of methoxy groups -OCH3 is 1. The molecule has 1 aliphatic carbocycles. The number of hydrogen-bond donors (Lipinski definition) is 2. The van der Waals surface area contributed by atoms with Crippen molar-refractivity contribution < 1.29 is 9.53 Å². The fraction of sp³-hybridized carbons (Fsp3) is 0.917. The fourth-order valence-corrected chi connectivity index (χ4v) is 1.93. The van der Waals surface area contributed by atoms with E-state index in [1.54, 1.807) is 7.11 Å². The Morgan fingerprint density at radius 1 is 1.53 bits per heavy atom. The molecule has 0 bridgehead atoms. The Labute approximate surface area is 104 Å². The summed E-state index contributed by atoms with van der Waals surface area (Å²) in [4.78, 5) is 13.7. The highest BCUT2D eigenvalue weighted by Crippen LogP contribution is 2.26. The van der Waals surface area contributed by atoms with Crippen molar-refractivity contribution in [2.75, 3.05) is 26.8 Å². The lowest BCUT2D eigenvalue weighted by atomic mass is 10.2. The zero-order valence-electron chi connectivity index (χ0n) is 11.1. The van der Waals surface area contributed by atoms with E-state index in [1.165, 1.54) is 12.8 Å². The van der Waals surface area contributed by atoms with E-state index in [9.17, 15) is 4.79 Å². The second-order valence-electron chi connectivity index (χ2n) is 5.00. The van der Waals surface area contributed by atoms with Gasteiger partial charge in [0.15, 0.2) is 0 Å². The lowest BCUT2D eigenvalue weighted by Crippen LogP contribution is -2.52. The van der Waals surface area contributed by atoms with Crippen molar-refractivity contribution in [1.29, 1.82) is 0 Å². The van der Waals surface area contributed by atoms with Crippen molar-refractivity contribution in [2.45, 2.75) is 44.8 Å². The summed E-state index contributed by atoms with van der Waals surface area (Å²) in [5, 5.41) is 3.21. The predicted octanol–water partition coefficient (Wildman–Crippen LogP) is -0.0509. The quantitative estimate of drug-likeness (QED) is 0.596. The number of nitrogens with zero attached hydrogens (tertiary/aromatic N) is 1. The average Bonchev–Trinajstić information content (AvgIpc) is 3.05. The molecule has 0 aromatic rings. The fourth-order valence-electron chi connectivity index (χ4n) is 1.93. The number of carbonyl (C=O) groups excluding carboxylic acids is 1. The van der Waals surface area contributed by atoms with Crippen molar-refractivity contribution in [3.05, 3.63) is 0 Å². The number of primary amides is 1. The Bertz CT molecular complexity index is 242. The molecular formula is C12H25N3O2. The minimum absolute atomic E-state index is 0.260. The van der Waals surface area contributed by atoms with E-state index < -0.39 is 0 Å². The zero-order chi connectivity index (χ0) is 12.8. The normalized spacial score (nSPS) is 17.7. The third kappa shape index (κ3) is 5.48. The standard InChI is InChI=1S/C12H25N3O2/c1-9(2)14-11(12(13)16)8-15(6-7-17-3)10-4-5-10/h9-11,14H,4-8H2,1-3H3,(H2,13,16). The monoisotopic (exact) mass is 243 g/mol. The molecule has 0 spiro atoms. The van der Waals surface area contributed by atoms with Crippen LogP contribution in [0.1, 0.15) is 26.7 Å². The van der Waals surface area contributed by atoms with Gasteiger partial charge in [0.25, 0.3) is 0 Å². The van der Waals surface area contributed by atoms with Crippen molar-refractivity contribution in [2.24, 2.45) is 5.73 Å². The van der Waals surface area contributed by atoms with Gasteiger partial charge < -0.3 is 15.8 Å². The smallest absolute Gasteiger partial charge is 0.235 e. The van der Waals surface area contributed by atoms with Gasteiger partial charge in [-0.25, -0.2) is 0 Å². The highest BCUT2D eigenvalue weighted by molar-refractivity contribution is 5.80. The van der Waals surface area contributed by atoms with Gasteiger partial charge in [-0.1, -0.05) is 13.8 Å². The number of ether oxygens (including phenoxy) is 1. The number of rotatable bonds is 9. The van der Waals surface area contributed by atoms with Crippen LogP contribution in [0, 0.1) is 0 Å². The lowest BCUT2D eigenvalue weighted by molar-refractivity contribution is -0.120. The molecule has 0 aromatic carbocycles. The van der Waals surface area contributed by atoms with Gasteiger partial charge >= 0.3 is 0 Å². The molecule has 100 valence electrons. The summed E-state index contributed by atoms with van der Waals surface area (Å²) in [7, 11) is 1.70. The Hall–Kier alpha value is -0.650. The van der Waals surface area contributed by atoms with E-state index in [-0.39, 0.29) is 18.0 Å². The summed E-state index contributed by atoms with van der Waals surface area (Å²) in [6.07, 6.45) is 2.44. The Morgan fingerprint density at radius 2 is 2.18 bits per heavy atom. The lowest BCUT2D eigenvalue weighted by Gasteiger charge is -2.27. The second kappa shape index (κ2) is 6.93. The first-order valence-electron chi connectivity index (χ1n) is 6.33. The SMILES string of the molecule is COCCN(CC(NC(C)C)C(N)=O)C1CC1. The molecule has 0 aliphatic heterocycles. The van der Waals surface area contributed by atoms with E-state index in [2.05, 4.69) is 10.2 Å². The van der Waals surface area contributed by atoms with Gasteiger partial charge in [-0.05, 0) is 12.8 Å². The Balaban J connectivity index is 2.46. The first-order valence-corrected chi connectivity index (χ1v) is 6.33. The number of nitrogens with two attached hydrogens (primary N) is 1. The Morgan fingerprint density at radius 3 is 2.59 bits per heavy atom. The molecule has 5 heteroatoms. The number of nitrogens with one attached hydrogen (secondary N) is 1. The number of hydrogen-bond acceptors (Lipinski definition) is 4. The maximum atomic E-state index is 11.4. The summed E-state index contributed by atoms with van der Waals surface area (Å²) in [5.74, 6) is -0.276. The van der Waals surface area contributed by atoms with Crippen LogP contribution in [0.15, 0.2) is 0 Å². The molecule has 17 heavy (non-hydrogen) atoms. The molecule has 1 fully saturated rings. The molecule has 0 radical (unpaired) electrons. The van der Waals surface area contributed by atoms with E-state index in [4.69, 9.17) is 10.5 Å². The minimum atomic E-state index is -0.276. The van der Waals surface area contributed by atoms with Gasteiger partial charge in [-0.15, -0.1) is 0 Å². The van der Waals surface area contributed by atoms with Crippen LogP contribution in [0.3, 0.4) is 0 Å². The summed E-state index contributed by atoms with van der Waals surface area (Å²) in [6, 6.07) is 0.601. The van der Waals surface area contributed by atoms with Gasteiger partial charge in [0.1, 0.15) is 0 Å². The van der Waals surface area contributed by atoms with Gasteiger partial charge in [-0.3, -0.25) is 9.69 Å². The van der Waals surface area contributed by atoms with Crippen LogP contribution in [0.25, 0.3) is 0 Å². The van der Waals surface area contributed by atoms with Gasteiger partial charge in [0, 0.05) is 32.3 Å². The van der Waals surface area contributed by atoms with Crippen LogP contribution >= 0.6 is 0 Å². The van der Waals surface area contributed by atoms with Crippen LogP contribution in [0.5, 0.6) is 0 Å². The molecule has 0 saturated heterocycles. The number of amides is 1. The maximum absolute atomic E-state index is 11.4. The number of carbonyl (C=O) groups is 1. The molecule has 1 amide bonds. The van der Waals surface area contributed by atoms with Gasteiger partial charge in [0.2, 0.25) is 5.91 Å². The zero-order valence-corrected chi connectivity index (χ0v) is 11.1. The first kappa shape index (κ1) is 14.4. The van der Waals surface area contributed by atoms with Crippen LogP contribution in [-0.2, 0) is 9.53 Å². The first-order chi connectivity index (χ1) is 8.04. The third-order valence-corrected chi connectivity index (χ3v) is 2.94. The van der Waals surface area contributed by atoms with Gasteiger partial charge in [-0.2, -0.15) is 0 Å². The highest BCUT2D eigenvalue weighted by atomic mass is 16.5. The van der Waals surface area contributed by atoms with Crippen LogP contribution < -0.4 is 11.1 Å². The second-order valence-corrected chi connectivity index (χ2v) is 5.00. The predicted molar refractivity (Wildman–Crippen MR) is 67.7 cm³/mol. The summed E-state index contributed by atoms with van der Waals surface area (Å²) >= 11 is 0. The minimum Gasteiger partial charge on any atom is -0.383 e. The molecule has 1 rings (SSSR count). The molecule has 0 aromatic heterocycles. The molecule has 5 nitrogen and oxygen atoms in total. The summed E-state index contributed by atoms with van der Waals surface area (Å²) < 4.78 is 5.10. The van der Waals surface area contributed by atoms with E-state index >= 15 is 0 Å². The largest absolute Gasteiger partial charge is 0.383 e. The van der Waals surface area contributed by atoms with Crippen molar-refractivity contribution in [3.8, 4) is 0 Å². The maximum Gasteiger partial charge on any atom is 0.235 e. The summed E-state index contributed by atoms with van der Waals surface area (Å²) in [6.45, 7) is 6.29. The average molecular weight is 243 g/mol. The molecule has 0 heterocycles. The topological polar surface area (TPSA) is 67.6 Å². The molecule has 1 unspecified atom stereocenters. The molecule has 3 N–H and O–H groups in total. The van der Waals surface area contributed by atoms with E-state index in [0.29, 0.717) is 19.2 Å². The van der Waals surface area contributed by atoms with Crippen molar-refractivity contribution in [3.63, 3.8) is 0 Å². The van der Waals surface area contributed by atoms with Crippen LogP contribution in [0.4, 0.5) is 0 Å². The molecule has 1 saturated carbocycles. The molecule has 1 aliphatic rings. The van der Waals surface area contributed by atoms with E-state index in [1.807, 2.05) is 13.8 Å². The van der Waals surface area contributed by atoms with Crippen LogP contribution in [0.2, 0.25) is 0 Å². The third-order valence-electron chi connectivity index (χ3n) is 2.94. The summed E-state index contributed by atoms with van der Waals surface area (Å²) in [5.41, 5.74) is 5.42. The van der Waals surface area contributed by atoms with Gasteiger partial charge in [0.05, 0.1) is 12.6 Å². The molecule has 1 atom stereocenters.